The van der Waals surface area contributed by atoms with Crippen molar-refractivity contribution in [3.8, 4) is 0 Å². The largest absolute Gasteiger partial charge is 0.747 e. The number of rotatable bonds is 1. The van der Waals surface area contributed by atoms with Crippen molar-refractivity contribution in [2.24, 2.45) is 0 Å². The maximum atomic E-state index is 9.44. The molecular weight excluding hydrogens is 219 g/mol. The first-order valence-electron chi connectivity index (χ1n) is 1.06. The highest BCUT2D eigenvalue weighted by atomic mass is 127. The lowest BCUT2D eigenvalue weighted by atomic mass is 12.0. The second-order valence-corrected chi connectivity index (χ2v) is 3.87. The lowest BCUT2D eigenvalue weighted by Crippen LogP contribution is -1.95. The van der Waals surface area contributed by atoms with E-state index in [-0.39, 0.29) is 3.76 Å². The van der Waals surface area contributed by atoms with Crippen LogP contribution in [0.5, 0.6) is 0 Å². The minimum atomic E-state index is -3.93. The zero-order valence-corrected chi connectivity index (χ0v) is 5.69. The summed E-state index contributed by atoms with van der Waals surface area (Å²) in [6.45, 7) is 0. The second kappa shape index (κ2) is 2.08. The van der Waals surface area contributed by atoms with Crippen LogP contribution in [-0.2, 0) is 10.1 Å². The second-order valence-electron chi connectivity index (χ2n) is 0.667. The average molecular weight is 221 g/mol. The van der Waals surface area contributed by atoms with Gasteiger partial charge < -0.3 is 4.55 Å². The van der Waals surface area contributed by atoms with Gasteiger partial charge in [-0.1, -0.05) is 22.6 Å². The third-order valence-corrected chi connectivity index (χ3v) is 2.69. The Kier molecular flexibility index (Phi) is 2.30. The van der Waals surface area contributed by atoms with Crippen LogP contribution < -0.4 is 0 Å². The predicted octanol–water partition coefficient (Wildman–Crippen LogP) is -0.0759. The Morgan fingerprint density at radius 2 is 1.83 bits per heavy atom. The van der Waals surface area contributed by atoms with Crippen molar-refractivity contribution in [2.45, 2.75) is 0 Å². The van der Waals surface area contributed by atoms with Crippen molar-refractivity contribution >= 4 is 32.7 Å². The highest BCUT2D eigenvalue weighted by Gasteiger charge is 1.82. The molecule has 0 radical (unpaired) electrons. The van der Waals surface area contributed by atoms with Crippen LogP contribution in [0.25, 0.3) is 0 Å². The molecule has 0 aromatic carbocycles. The molecule has 38 valence electrons. The Morgan fingerprint density at radius 3 is 1.83 bits per heavy atom. The molecule has 0 heterocycles. The zero-order chi connectivity index (χ0) is 5.21. The SMILES string of the molecule is O=S(=O)([O-])CI. The summed E-state index contributed by atoms with van der Waals surface area (Å²) < 4.78 is 28.0. The van der Waals surface area contributed by atoms with Gasteiger partial charge >= 0.3 is 0 Å². The Bertz CT molecular complexity index is 113. The molecule has 0 aliphatic carbocycles. The van der Waals surface area contributed by atoms with Crippen molar-refractivity contribution in [3.63, 3.8) is 0 Å². The summed E-state index contributed by atoms with van der Waals surface area (Å²) in [5, 5.41) is 0. The Balaban J connectivity index is 3.85. The Morgan fingerprint density at radius 1 is 1.67 bits per heavy atom. The summed E-state index contributed by atoms with van der Waals surface area (Å²) >= 11 is 1.49. The van der Waals surface area contributed by atoms with E-state index in [2.05, 4.69) is 0 Å². The van der Waals surface area contributed by atoms with Crippen molar-refractivity contribution in [2.75, 3.05) is 3.76 Å². The van der Waals surface area contributed by atoms with E-state index in [1.807, 2.05) is 0 Å². The van der Waals surface area contributed by atoms with Crippen molar-refractivity contribution < 1.29 is 13.0 Å². The minimum Gasteiger partial charge on any atom is -0.747 e. The third-order valence-electron chi connectivity index (χ3n) is 0.134. The summed E-state index contributed by atoms with van der Waals surface area (Å²) in [6, 6.07) is 0. The van der Waals surface area contributed by atoms with Crippen LogP contribution >= 0.6 is 22.6 Å². The summed E-state index contributed by atoms with van der Waals surface area (Å²) in [7, 11) is -3.93. The molecule has 0 spiro atoms. The maximum Gasteiger partial charge on any atom is 0.104 e. The summed E-state index contributed by atoms with van der Waals surface area (Å²) in [4.78, 5) is 0. The molecule has 0 aliphatic heterocycles. The number of hydrogen-bond acceptors (Lipinski definition) is 3. The number of halogens is 1. The molecule has 0 saturated carbocycles. The highest BCUT2D eigenvalue weighted by molar-refractivity contribution is 14.1. The Labute approximate surface area is 49.6 Å². The van der Waals surface area contributed by atoms with Crippen molar-refractivity contribution in [3.05, 3.63) is 0 Å². The van der Waals surface area contributed by atoms with Gasteiger partial charge in [0, 0.05) is 0 Å². The molecule has 0 bridgehead atoms. The van der Waals surface area contributed by atoms with Gasteiger partial charge in [0.2, 0.25) is 0 Å². The van der Waals surface area contributed by atoms with Gasteiger partial charge in [0.25, 0.3) is 0 Å². The minimum absolute atomic E-state index is 0.342. The van der Waals surface area contributed by atoms with Crippen molar-refractivity contribution in [1.29, 1.82) is 0 Å². The van der Waals surface area contributed by atoms with Crippen LogP contribution in [-0.4, -0.2) is 16.7 Å². The van der Waals surface area contributed by atoms with Crippen LogP contribution in [0.1, 0.15) is 0 Å². The lowest BCUT2D eigenvalue weighted by molar-refractivity contribution is 0.469. The lowest BCUT2D eigenvalue weighted by Gasteiger charge is -1.96. The normalized spacial score (nSPS) is 11.7. The molecule has 0 amide bonds. The zero-order valence-electron chi connectivity index (χ0n) is 2.72. The standard InChI is InChI=1S/CH3IO3S/c2-1-6(3,4)5/h1H2,(H,3,4,5)/p-1. The molecule has 0 fully saturated rings. The van der Waals surface area contributed by atoms with Crippen molar-refractivity contribution in [1.82, 2.24) is 0 Å². The van der Waals surface area contributed by atoms with Crippen LogP contribution in [0.3, 0.4) is 0 Å². The van der Waals surface area contributed by atoms with Crippen LogP contribution in [0.4, 0.5) is 0 Å². The van der Waals surface area contributed by atoms with Crippen LogP contribution in [0, 0.1) is 0 Å². The van der Waals surface area contributed by atoms with E-state index < -0.39 is 10.1 Å². The quantitative estimate of drug-likeness (QED) is 0.353. The summed E-state index contributed by atoms with van der Waals surface area (Å²) in [5.41, 5.74) is 0. The van der Waals surface area contributed by atoms with Crippen LogP contribution in [0.15, 0.2) is 0 Å². The predicted molar refractivity (Wildman–Crippen MR) is 28.6 cm³/mol. The number of hydrogen-bond donors (Lipinski definition) is 0. The van der Waals surface area contributed by atoms with Gasteiger partial charge in [-0.2, -0.15) is 0 Å². The van der Waals surface area contributed by atoms with Gasteiger partial charge in [-0.05, 0) is 0 Å². The molecule has 0 aliphatic rings. The molecule has 0 aromatic heterocycles. The highest BCUT2D eigenvalue weighted by Crippen LogP contribution is 1.87. The monoisotopic (exact) mass is 221 g/mol. The molecule has 0 rings (SSSR count). The first-order chi connectivity index (χ1) is 2.56. The average Bonchev–Trinajstić information content (AvgIpc) is 1.35. The first-order valence-corrected chi connectivity index (χ1v) is 4.16. The molecule has 0 saturated heterocycles. The van der Waals surface area contributed by atoms with E-state index in [4.69, 9.17) is 0 Å². The van der Waals surface area contributed by atoms with Gasteiger partial charge in [-0.15, -0.1) is 0 Å². The fraction of sp³-hybridized carbons (Fsp3) is 1.00. The van der Waals surface area contributed by atoms with E-state index in [1.165, 1.54) is 22.6 Å². The van der Waals surface area contributed by atoms with E-state index in [9.17, 15) is 13.0 Å². The molecule has 0 atom stereocenters. The maximum absolute atomic E-state index is 9.44. The molecular formula is CH2IO3S-. The molecule has 0 N–H and O–H groups in total. The van der Waals surface area contributed by atoms with Gasteiger partial charge in [0.15, 0.2) is 0 Å². The smallest absolute Gasteiger partial charge is 0.104 e. The fourth-order valence-corrected chi connectivity index (χ4v) is 0. The molecule has 0 unspecified atom stereocenters. The van der Waals surface area contributed by atoms with Gasteiger partial charge in [-0.3, -0.25) is 0 Å². The molecule has 0 aromatic rings. The topological polar surface area (TPSA) is 57.2 Å². The van der Waals surface area contributed by atoms with E-state index in [1.54, 1.807) is 0 Å². The third kappa shape index (κ3) is 4.64. The van der Waals surface area contributed by atoms with E-state index in [0.717, 1.165) is 0 Å². The van der Waals surface area contributed by atoms with Crippen LogP contribution in [0.2, 0.25) is 0 Å². The Hall–Kier alpha value is 0.640. The molecule has 5 heteroatoms. The first kappa shape index (κ1) is 6.64. The van der Waals surface area contributed by atoms with E-state index >= 15 is 0 Å². The fourth-order valence-electron chi connectivity index (χ4n) is 0. The molecule has 6 heavy (non-hydrogen) atoms. The van der Waals surface area contributed by atoms with Gasteiger partial charge in [-0.25, -0.2) is 8.42 Å². The molecule has 3 nitrogen and oxygen atoms in total. The number of alkyl halides is 1. The van der Waals surface area contributed by atoms with Gasteiger partial charge in [0.05, 0.1) is 3.76 Å². The summed E-state index contributed by atoms with van der Waals surface area (Å²) in [5.74, 6) is 0. The summed E-state index contributed by atoms with van der Waals surface area (Å²) in [6.07, 6.45) is 0. The van der Waals surface area contributed by atoms with Gasteiger partial charge in [0.1, 0.15) is 10.1 Å². The van der Waals surface area contributed by atoms with E-state index in [0.29, 0.717) is 0 Å².